The van der Waals surface area contributed by atoms with Crippen LogP contribution in [0.1, 0.15) is 11.1 Å². The zero-order chi connectivity index (χ0) is 62.9. The molecular formula is C87H56BrN5O2. The van der Waals surface area contributed by atoms with Crippen molar-refractivity contribution >= 4 is 104 Å². The lowest BCUT2D eigenvalue weighted by atomic mass is 9.97. The number of furan rings is 2. The van der Waals surface area contributed by atoms with Crippen LogP contribution in [0, 0.1) is 0 Å². The van der Waals surface area contributed by atoms with Crippen molar-refractivity contribution in [2.75, 3.05) is 0 Å². The quantitative estimate of drug-likeness (QED) is 0.159. The van der Waals surface area contributed by atoms with E-state index in [9.17, 15) is 0 Å². The fourth-order valence-corrected chi connectivity index (χ4v) is 14.4. The third kappa shape index (κ3) is 9.72. The first-order valence-electron chi connectivity index (χ1n) is 32.0. The average molecular weight is 1280 g/mol. The molecule has 0 aliphatic heterocycles. The topological polar surface area (TPSA) is 66.8 Å². The summed E-state index contributed by atoms with van der Waals surface area (Å²) in [5.74, 6) is 1.88. The molecule has 5 heterocycles. The van der Waals surface area contributed by atoms with Crippen molar-refractivity contribution < 1.29 is 8.83 Å². The van der Waals surface area contributed by atoms with Crippen molar-refractivity contribution in [3.8, 4) is 73.2 Å². The largest absolute Gasteiger partial charge is 0.455 e. The maximum absolute atomic E-state index is 6.40. The van der Waals surface area contributed by atoms with Crippen molar-refractivity contribution in [1.29, 1.82) is 0 Å². The number of nitrogens with zero attached hydrogens (tertiary/aromatic N) is 5. The maximum atomic E-state index is 6.40. The van der Waals surface area contributed by atoms with Crippen molar-refractivity contribution in [3.05, 3.63) is 343 Å². The third-order valence-electron chi connectivity index (χ3n) is 18.5. The van der Waals surface area contributed by atoms with Gasteiger partial charge in [-0.1, -0.05) is 222 Å². The molecule has 1 aliphatic rings. The molecule has 0 fully saturated rings. The number of fused-ring (bicyclic) bond motifs is 14. The summed E-state index contributed by atoms with van der Waals surface area (Å²) in [4.78, 5) is 9.91. The Labute approximate surface area is 555 Å². The van der Waals surface area contributed by atoms with Gasteiger partial charge < -0.3 is 13.4 Å². The number of aromatic nitrogens is 5. The van der Waals surface area contributed by atoms with E-state index in [0.29, 0.717) is 0 Å². The highest BCUT2D eigenvalue weighted by atomic mass is 79.9. The zero-order valence-electron chi connectivity index (χ0n) is 51.3. The number of benzene rings is 14. The van der Waals surface area contributed by atoms with Gasteiger partial charge in [-0.3, -0.25) is 9.13 Å². The van der Waals surface area contributed by atoms with Crippen LogP contribution in [0.2, 0.25) is 0 Å². The van der Waals surface area contributed by atoms with Gasteiger partial charge in [-0.05, 0) is 161 Å². The molecule has 20 rings (SSSR count). The van der Waals surface area contributed by atoms with Crippen molar-refractivity contribution in [2.45, 2.75) is 6.42 Å². The van der Waals surface area contributed by atoms with Gasteiger partial charge in [0.15, 0.2) is 0 Å². The molecule has 8 heteroatoms. The molecule has 0 saturated carbocycles. The summed E-state index contributed by atoms with van der Waals surface area (Å²) in [6, 6.07) is 115. The van der Waals surface area contributed by atoms with E-state index in [4.69, 9.17) is 18.8 Å². The molecule has 448 valence electrons. The summed E-state index contributed by atoms with van der Waals surface area (Å²) in [5.41, 5.74) is 25.9. The molecule has 1 aliphatic carbocycles. The minimum Gasteiger partial charge on any atom is -0.455 e. The van der Waals surface area contributed by atoms with E-state index in [1.807, 2.05) is 60.7 Å². The molecule has 95 heavy (non-hydrogen) atoms. The van der Waals surface area contributed by atoms with E-state index in [1.54, 1.807) is 0 Å². The minimum absolute atomic E-state index is 0.912. The molecule has 19 aromatic rings. The summed E-state index contributed by atoms with van der Waals surface area (Å²) in [6.45, 7) is 0. The number of para-hydroxylation sites is 11. The Hall–Kier alpha value is -12.1. The van der Waals surface area contributed by atoms with Crippen LogP contribution >= 0.6 is 15.9 Å². The first-order chi connectivity index (χ1) is 47.0. The van der Waals surface area contributed by atoms with E-state index in [2.05, 4.69) is 297 Å². The number of imidazole rings is 2. The van der Waals surface area contributed by atoms with Gasteiger partial charge in [0.25, 0.3) is 0 Å². The van der Waals surface area contributed by atoms with E-state index in [1.165, 1.54) is 54.9 Å². The van der Waals surface area contributed by atoms with Gasteiger partial charge >= 0.3 is 0 Å². The fraction of sp³-hybridized carbons (Fsp3) is 0.0115. The summed E-state index contributed by atoms with van der Waals surface area (Å²) >= 11 is 3.49. The first kappa shape index (κ1) is 55.7. The van der Waals surface area contributed by atoms with Crippen molar-refractivity contribution in [3.63, 3.8) is 0 Å². The molecule has 0 atom stereocenters. The van der Waals surface area contributed by atoms with Crippen LogP contribution in [0.25, 0.3) is 161 Å². The van der Waals surface area contributed by atoms with Crippen LogP contribution in [0.3, 0.4) is 0 Å². The van der Waals surface area contributed by atoms with Gasteiger partial charge in [-0.15, -0.1) is 0 Å². The van der Waals surface area contributed by atoms with Crippen molar-refractivity contribution in [1.82, 2.24) is 23.7 Å². The monoisotopic (exact) mass is 1280 g/mol. The van der Waals surface area contributed by atoms with Gasteiger partial charge in [0.1, 0.15) is 34.0 Å². The van der Waals surface area contributed by atoms with Gasteiger partial charge in [-0.25, -0.2) is 9.97 Å². The van der Waals surface area contributed by atoms with Crippen LogP contribution in [0.4, 0.5) is 0 Å². The second kappa shape index (κ2) is 23.2. The van der Waals surface area contributed by atoms with Gasteiger partial charge in [-0.2, -0.15) is 0 Å². The van der Waals surface area contributed by atoms with Gasteiger partial charge in [0.05, 0.1) is 33.1 Å². The lowest BCUT2D eigenvalue weighted by Gasteiger charge is -2.12. The Kier molecular flexibility index (Phi) is 13.6. The molecule has 0 amide bonds. The number of hydrogen-bond donors (Lipinski definition) is 0. The third-order valence-corrected chi connectivity index (χ3v) is 19.1. The van der Waals surface area contributed by atoms with Gasteiger partial charge in [0, 0.05) is 76.1 Å². The van der Waals surface area contributed by atoms with Gasteiger partial charge in [0.2, 0.25) is 0 Å². The second-order valence-electron chi connectivity index (χ2n) is 24.1. The Morgan fingerprint density at radius 1 is 0.274 bits per heavy atom. The second-order valence-corrected chi connectivity index (χ2v) is 25.0. The summed E-state index contributed by atoms with van der Waals surface area (Å²) in [6.07, 6.45) is 1.03. The highest BCUT2D eigenvalue weighted by Gasteiger charge is 2.22. The number of rotatable bonds is 7. The van der Waals surface area contributed by atoms with E-state index in [-0.39, 0.29) is 0 Å². The van der Waals surface area contributed by atoms with E-state index in [0.717, 1.165) is 128 Å². The lowest BCUT2D eigenvalue weighted by molar-refractivity contribution is 0.669. The molecule has 0 spiro atoms. The predicted octanol–water partition coefficient (Wildman–Crippen LogP) is 23.6. The Balaban J connectivity index is 0.000000115. The minimum atomic E-state index is 0.912. The highest BCUT2D eigenvalue weighted by molar-refractivity contribution is 9.10. The molecule has 0 N–H and O–H groups in total. The van der Waals surface area contributed by atoms with Crippen LogP contribution in [0.15, 0.2) is 341 Å². The van der Waals surface area contributed by atoms with Crippen LogP contribution < -0.4 is 0 Å². The standard InChI is InChI=1S/C43H27N3O.C25H16O.C19H13BrN2/c1-2-11-30(12-3-1)46-40-19-8-6-17-37(40)44-43(46)28-21-24-31(25-22-28)45-38-18-7-4-13-33(38)36-27-29(23-26-39(36)45)32-15-10-16-35-34-14-5-9-20-41(34)47-42(32)35;1-2-7-19-16(6-1)14-17-12-13-18(15-23(17)19)20-9-5-10-22-21-8-3-4-11-24(21)26-25(20)22;20-15-12-10-14(11-13-15)19-21-17-8-4-5-9-18(17)22(19)16-6-2-1-3-7-16/h1-27H;1-13,15H,14H2;1-13H. The molecule has 7 nitrogen and oxygen atoms in total. The zero-order valence-corrected chi connectivity index (χ0v) is 52.9. The Bertz CT molecular complexity index is 6130. The summed E-state index contributed by atoms with van der Waals surface area (Å²) in [5, 5.41) is 7.07. The Morgan fingerprint density at radius 3 is 1.29 bits per heavy atom. The molecule has 5 aromatic heterocycles. The highest BCUT2D eigenvalue weighted by Crippen LogP contribution is 2.44. The Morgan fingerprint density at radius 2 is 0.695 bits per heavy atom. The molecule has 0 unspecified atom stereocenters. The van der Waals surface area contributed by atoms with E-state index < -0.39 is 0 Å². The van der Waals surface area contributed by atoms with Crippen LogP contribution in [-0.2, 0) is 6.42 Å². The average Bonchev–Trinajstić information content (AvgIpc) is 1.64. The smallest absolute Gasteiger partial charge is 0.145 e. The molecule has 14 aromatic carbocycles. The van der Waals surface area contributed by atoms with Crippen LogP contribution in [0.5, 0.6) is 0 Å². The normalized spacial score (nSPS) is 11.8. The first-order valence-corrected chi connectivity index (χ1v) is 32.8. The molecule has 0 radical (unpaired) electrons. The molecular weight excluding hydrogens is 1230 g/mol. The van der Waals surface area contributed by atoms with Crippen LogP contribution in [-0.4, -0.2) is 23.7 Å². The summed E-state index contributed by atoms with van der Waals surface area (Å²) in [7, 11) is 0. The lowest BCUT2D eigenvalue weighted by Crippen LogP contribution is -1.98. The van der Waals surface area contributed by atoms with Crippen molar-refractivity contribution in [2.24, 2.45) is 0 Å². The SMILES string of the molecule is Brc1ccc(-c2nc3ccccc3n2-c2ccccc2)cc1.c1ccc(-n2c(-c3ccc(-n4c5ccccc5c5cc(-c6cccc7c6oc6ccccc67)ccc54)cc3)nc3ccccc32)cc1.c1ccc2c(c1)Cc1ccc(-c3cccc4c3oc3ccccc34)cc1-2. The summed E-state index contributed by atoms with van der Waals surface area (Å²) < 4.78 is 20.5. The number of hydrogen-bond acceptors (Lipinski definition) is 4. The van der Waals surface area contributed by atoms with E-state index >= 15 is 0 Å². The molecule has 0 saturated heterocycles. The predicted molar refractivity (Wildman–Crippen MR) is 395 cm³/mol. The fourth-order valence-electron chi connectivity index (χ4n) is 14.1. The molecule has 0 bridgehead atoms. The maximum Gasteiger partial charge on any atom is 0.145 e. The number of halogens is 1.